The van der Waals surface area contributed by atoms with E-state index in [0.29, 0.717) is 19.4 Å². The fourth-order valence-electron chi connectivity index (χ4n) is 3.55. The van der Waals surface area contributed by atoms with Gasteiger partial charge < -0.3 is 9.64 Å². The van der Waals surface area contributed by atoms with Crippen molar-refractivity contribution in [2.45, 2.75) is 43.4 Å². The van der Waals surface area contributed by atoms with Crippen LogP contribution in [-0.4, -0.2) is 49.8 Å². The molecule has 3 rings (SSSR count). The summed E-state index contributed by atoms with van der Waals surface area (Å²) < 4.78 is 56.3. The smallest absolute Gasteiger partial charge is 0.387 e. The summed E-state index contributed by atoms with van der Waals surface area (Å²) >= 11 is 0. The Hall–Kier alpha value is -2.52. The first kappa shape index (κ1) is 22.2. The lowest BCUT2D eigenvalue weighted by Crippen LogP contribution is -2.51. The molecule has 0 radical (unpaired) electrons. The Morgan fingerprint density at radius 3 is 2.43 bits per heavy atom. The second-order valence-corrected chi connectivity index (χ2v) is 9.05. The highest BCUT2D eigenvalue weighted by Crippen LogP contribution is 2.27. The van der Waals surface area contributed by atoms with E-state index in [-0.39, 0.29) is 23.1 Å². The molecule has 0 spiro atoms. The zero-order chi connectivity index (χ0) is 21.7. The van der Waals surface area contributed by atoms with Gasteiger partial charge in [-0.2, -0.15) is 13.1 Å². The number of piperidine rings is 1. The summed E-state index contributed by atoms with van der Waals surface area (Å²) in [5.74, 6) is -0.253. The van der Waals surface area contributed by atoms with Crippen LogP contribution in [0.5, 0.6) is 5.75 Å². The summed E-state index contributed by atoms with van der Waals surface area (Å²) in [6.45, 7) is -2.38. The molecule has 1 atom stereocenters. The molecule has 0 bridgehead atoms. The largest absolute Gasteiger partial charge is 0.435 e. The van der Waals surface area contributed by atoms with E-state index in [1.165, 1.54) is 33.5 Å². The van der Waals surface area contributed by atoms with Crippen molar-refractivity contribution in [1.82, 2.24) is 9.21 Å². The number of alkyl halides is 2. The van der Waals surface area contributed by atoms with Crippen molar-refractivity contribution in [3.05, 3.63) is 60.2 Å². The van der Waals surface area contributed by atoms with Crippen LogP contribution in [-0.2, 0) is 21.4 Å². The minimum atomic E-state index is -3.78. The van der Waals surface area contributed by atoms with Crippen LogP contribution >= 0.6 is 0 Å². The third-order valence-corrected chi connectivity index (χ3v) is 6.96. The number of likely N-dealkylation sites (N-methyl/N-ethyl adjacent to an activating group) is 1. The summed E-state index contributed by atoms with van der Waals surface area (Å²) in [6, 6.07) is 13.3. The van der Waals surface area contributed by atoms with Gasteiger partial charge in [0.25, 0.3) is 0 Å². The second-order valence-electron chi connectivity index (χ2n) is 7.16. The Labute approximate surface area is 175 Å². The first-order valence-corrected chi connectivity index (χ1v) is 11.1. The summed E-state index contributed by atoms with van der Waals surface area (Å²) in [5.41, 5.74) is 0.723. The zero-order valence-electron chi connectivity index (χ0n) is 16.6. The maximum absolute atomic E-state index is 13.1. The number of hydrogen-bond acceptors (Lipinski definition) is 4. The Balaban J connectivity index is 1.73. The van der Waals surface area contributed by atoms with Crippen LogP contribution < -0.4 is 4.74 Å². The molecule has 1 aliphatic heterocycles. The van der Waals surface area contributed by atoms with Gasteiger partial charge in [-0.3, -0.25) is 4.79 Å². The zero-order valence-corrected chi connectivity index (χ0v) is 17.4. The Morgan fingerprint density at radius 2 is 1.80 bits per heavy atom. The molecular weight excluding hydrogens is 414 g/mol. The third kappa shape index (κ3) is 5.14. The van der Waals surface area contributed by atoms with Crippen LogP contribution in [0.4, 0.5) is 8.78 Å². The van der Waals surface area contributed by atoms with Crippen molar-refractivity contribution in [2.75, 3.05) is 13.6 Å². The Bertz CT molecular complexity index is 953. The molecular formula is C21H24F2N2O4S. The summed E-state index contributed by atoms with van der Waals surface area (Å²) in [7, 11) is -2.18. The average molecular weight is 438 g/mol. The number of rotatable bonds is 7. The van der Waals surface area contributed by atoms with E-state index in [9.17, 15) is 22.0 Å². The number of carbonyl (C=O) groups excluding carboxylic acids is 1. The van der Waals surface area contributed by atoms with E-state index in [1.807, 2.05) is 0 Å². The lowest BCUT2D eigenvalue weighted by atomic mass is 10.0. The molecule has 1 fully saturated rings. The lowest BCUT2D eigenvalue weighted by molar-refractivity contribution is -0.135. The van der Waals surface area contributed by atoms with E-state index in [4.69, 9.17) is 0 Å². The number of hydrogen-bond donors (Lipinski definition) is 0. The normalized spacial score (nSPS) is 17.7. The van der Waals surface area contributed by atoms with Crippen molar-refractivity contribution >= 4 is 15.9 Å². The number of ether oxygens (including phenoxy) is 1. The second kappa shape index (κ2) is 9.53. The van der Waals surface area contributed by atoms with Gasteiger partial charge in [0, 0.05) is 20.1 Å². The molecule has 2 aromatic carbocycles. The van der Waals surface area contributed by atoms with Gasteiger partial charge in [-0.25, -0.2) is 8.42 Å². The summed E-state index contributed by atoms with van der Waals surface area (Å²) in [6.07, 6.45) is 1.92. The molecule has 0 saturated carbocycles. The monoisotopic (exact) mass is 438 g/mol. The predicted molar refractivity (Wildman–Crippen MR) is 108 cm³/mol. The fourth-order valence-corrected chi connectivity index (χ4v) is 5.22. The number of nitrogens with zero attached hydrogens (tertiary/aromatic N) is 2. The first-order chi connectivity index (χ1) is 14.3. The summed E-state index contributed by atoms with van der Waals surface area (Å²) in [5, 5.41) is 0. The summed E-state index contributed by atoms with van der Waals surface area (Å²) in [4.78, 5) is 14.7. The molecule has 9 heteroatoms. The fraction of sp³-hybridized carbons (Fsp3) is 0.381. The van der Waals surface area contributed by atoms with E-state index >= 15 is 0 Å². The minimum Gasteiger partial charge on any atom is -0.435 e. The topological polar surface area (TPSA) is 66.9 Å². The van der Waals surface area contributed by atoms with Crippen LogP contribution in [0.25, 0.3) is 0 Å². The molecule has 30 heavy (non-hydrogen) atoms. The first-order valence-electron chi connectivity index (χ1n) is 9.64. The van der Waals surface area contributed by atoms with Gasteiger partial charge in [0.15, 0.2) is 0 Å². The van der Waals surface area contributed by atoms with E-state index in [1.54, 1.807) is 37.4 Å². The predicted octanol–water partition coefficient (Wildman–Crippen LogP) is 3.49. The van der Waals surface area contributed by atoms with Crippen LogP contribution in [0, 0.1) is 0 Å². The van der Waals surface area contributed by atoms with Crippen molar-refractivity contribution in [1.29, 1.82) is 0 Å². The van der Waals surface area contributed by atoms with Crippen molar-refractivity contribution in [3.63, 3.8) is 0 Å². The molecule has 1 saturated heterocycles. The van der Waals surface area contributed by atoms with Crippen LogP contribution in [0.3, 0.4) is 0 Å². The lowest BCUT2D eigenvalue weighted by Gasteiger charge is -2.35. The van der Waals surface area contributed by atoms with Crippen molar-refractivity contribution in [3.8, 4) is 5.75 Å². The molecule has 6 nitrogen and oxygen atoms in total. The molecule has 2 aromatic rings. The third-order valence-electron chi connectivity index (χ3n) is 5.03. The van der Waals surface area contributed by atoms with Gasteiger partial charge in [0.05, 0.1) is 4.90 Å². The van der Waals surface area contributed by atoms with E-state index in [0.717, 1.165) is 12.0 Å². The van der Waals surface area contributed by atoms with Crippen LogP contribution in [0.1, 0.15) is 24.8 Å². The average Bonchev–Trinajstić information content (AvgIpc) is 2.75. The SMILES string of the molecule is CN(Cc1ccc(OC(F)F)cc1)C(=O)C1CCCCN1S(=O)(=O)c1ccccc1. The van der Waals surface area contributed by atoms with E-state index in [2.05, 4.69) is 4.74 Å². The molecule has 1 aliphatic rings. The standard InChI is InChI=1S/C21H24F2N2O4S/c1-24(15-16-10-12-17(13-11-16)29-21(22)23)20(26)19-9-5-6-14-25(19)30(27,28)18-7-3-2-4-8-18/h2-4,7-8,10-13,19,21H,5-6,9,14-15H2,1H3. The van der Waals surface area contributed by atoms with Gasteiger partial charge >= 0.3 is 6.61 Å². The molecule has 162 valence electrons. The number of carbonyl (C=O) groups is 1. The Morgan fingerprint density at radius 1 is 1.13 bits per heavy atom. The van der Waals surface area contributed by atoms with E-state index < -0.39 is 22.7 Å². The van der Waals surface area contributed by atoms with Gasteiger partial charge in [-0.1, -0.05) is 36.8 Å². The highest BCUT2D eigenvalue weighted by atomic mass is 32.2. The molecule has 1 amide bonds. The molecule has 0 aromatic heterocycles. The van der Waals surface area contributed by atoms with Gasteiger partial charge in [0.2, 0.25) is 15.9 Å². The van der Waals surface area contributed by atoms with Crippen molar-refractivity contribution in [2.24, 2.45) is 0 Å². The number of amides is 1. The van der Waals surface area contributed by atoms with Gasteiger partial charge in [-0.05, 0) is 42.7 Å². The number of benzene rings is 2. The minimum absolute atomic E-state index is 0.0372. The van der Waals surface area contributed by atoms with Crippen LogP contribution in [0.15, 0.2) is 59.5 Å². The van der Waals surface area contributed by atoms with Gasteiger partial charge in [0.1, 0.15) is 11.8 Å². The molecule has 0 N–H and O–H groups in total. The maximum Gasteiger partial charge on any atom is 0.387 e. The molecule has 0 aliphatic carbocycles. The van der Waals surface area contributed by atoms with Crippen LogP contribution in [0.2, 0.25) is 0 Å². The highest BCUT2D eigenvalue weighted by Gasteiger charge is 2.38. The quantitative estimate of drug-likeness (QED) is 0.664. The number of halogens is 2. The highest BCUT2D eigenvalue weighted by molar-refractivity contribution is 7.89. The number of sulfonamides is 1. The maximum atomic E-state index is 13.1. The van der Waals surface area contributed by atoms with Crippen molar-refractivity contribution < 1.29 is 26.7 Å². The van der Waals surface area contributed by atoms with Gasteiger partial charge in [-0.15, -0.1) is 0 Å². The Kier molecular flexibility index (Phi) is 7.04. The molecule has 1 unspecified atom stereocenters. The molecule has 1 heterocycles.